The van der Waals surface area contributed by atoms with Crippen LogP contribution in [0.5, 0.6) is 5.88 Å². The molecule has 2 aromatic rings. The summed E-state index contributed by atoms with van der Waals surface area (Å²) < 4.78 is 26.3. The molecule has 0 aliphatic carbocycles. The van der Waals surface area contributed by atoms with Crippen molar-refractivity contribution in [1.29, 1.82) is 0 Å². The van der Waals surface area contributed by atoms with Crippen LogP contribution in [0.2, 0.25) is 0 Å². The second kappa shape index (κ2) is 9.71. The minimum Gasteiger partial charge on any atom is -0.477 e. The highest BCUT2D eigenvalue weighted by atomic mass is 31.2. The number of hydrogen-bond donors (Lipinski definition) is 3. The molecule has 158 valence electrons. The van der Waals surface area contributed by atoms with Crippen LogP contribution in [-0.2, 0) is 15.5 Å². The van der Waals surface area contributed by atoms with Gasteiger partial charge in [-0.15, -0.1) is 12.3 Å². The minimum atomic E-state index is -4.61. The molecular weight excluding hydrogens is 411 g/mol. The fourth-order valence-corrected chi connectivity index (χ4v) is 2.96. The second-order valence-corrected chi connectivity index (χ2v) is 7.58. The number of hydrogen-bond acceptors (Lipinski definition) is 8. The maximum Gasteiger partial charge on any atom is 0.471 e. The predicted octanol–water partition coefficient (Wildman–Crippen LogP) is 1.63. The summed E-state index contributed by atoms with van der Waals surface area (Å²) in [5.41, 5.74) is 8.35. The molecular formula is C19H21N4O6P. The lowest BCUT2D eigenvalue weighted by Gasteiger charge is -2.30. The summed E-state index contributed by atoms with van der Waals surface area (Å²) in [4.78, 5) is 23.4. The SMILES string of the molecule is C#CCCOc1ccc(Cc2cc(C3=CC=CN(COP(=O)(O)O)C3N)on2)cn1. The van der Waals surface area contributed by atoms with Gasteiger partial charge in [0.25, 0.3) is 0 Å². The number of phosphoric acid groups is 1. The molecule has 2 aromatic heterocycles. The zero-order valence-corrected chi connectivity index (χ0v) is 16.8. The Morgan fingerprint density at radius 1 is 1.40 bits per heavy atom. The number of terminal acetylenes is 1. The molecule has 0 fully saturated rings. The zero-order valence-electron chi connectivity index (χ0n) is 15.9. The van der Waals surface area contributed by atoms with E-state index in [2.05, 4.69) is 20.6 Å². The van der Waals surface area contributed by atoms with Crippen molar-refractivity contribution in [2.24, 2.45) is 5.73 Å². The van der Waals surface area contributed by atoms with Crippen molar-refractivity contribution in [3.8, 4) is 18.2 Å². The number of nitrogens with two attached hydrogens (primary N) is 1. The van der Waals surface area contributed by atoms with E-state index in [-0.39, 0.29) is 6.73 Å². The van der Waals surface area contributed by atoms with Crippen molar-refractivity contribution < 1.29 is 28.1 Å². The molecule has 4 N–H and O–H groups in total. The Bertz CT molecular complexity index is 1000. The molecule has 0 aromatic carbocycles. The van der Waals surface area contributed by atoms with Gasteiger partial charge in [0.15, 0.2) is 5.76 Å². The van der Waals surface area contributed by atoms with E-state index in [9.17, 15) is 4.57 Å². The number of ether oxygens (including phenoxy) is 1. The zero-order chi connectivity index (χ0) is 21.6. The molecule has 0 saturated heterocycles. The molecule has 1 atom stereocenters. The monoisotopic (exact) mass is 432 g/mol. The largest absolute Gasteiger partial charge is 0.477 e. The third-order valence-electron chi connectivity index (χ3n) is 4.13. The van der Waals surface area contributed by atoms with Crippen LogP contribution in [0, 0.1) is 12.3 Å². The highest BCUT2D eigenvalue weighted by molar-refractivity contribution is 7.46. The van der Waals surface area contributed by atoms with Crippen molar-refractivity contribution in [3.05, 3.63) is 59.8 Å². The number of rotatable bonds is 9. The van der Waals surface area contributed by atoms with E-state index in [0.29, 0.717) is 42.4 Å². The highest BCUT2D eigenvalue weighted by Crippen LogP contribution is 2.36. The molecule has 0 saturated carbocycles. The molecule has 1 aliphatic rings. The molecule has 0 bridgehead atoms. The Morgan fingerprint density at radius 2 is 2.23 bits per heavy atom. The van der Waals surface area contributed by atoms with Crippen LogP contribution in [0.1, 0.15) is 23.4 Å². The van der Waals surface area contributed by atoms with Gasteiger partial charge in [-0.25, -0.2) is 9.55 Å². The number of aromatic nitrogens is 2. The van der Waals surface area contributed by atoms with Crippen molar-refractivity contribution in [3.63, 3.8) is 0 Å². The summed E-state index contributed by atoms with van der Waals surface area (Å²) in [7, 11) is -4.61. The van der Waals surface area contributed by atoms with Gasteiger partial charge in [0.1, 0.15) is 19.5 Å². The maximum absolute atomic E-state index is 10.9. The van der Waals surface area contributed by atoms with Crippen molar-refractivity contribution in [1.82, 2.24) is 15.0 Å². The van der Waals surface area contributed by atoms with Gasteiger partial charge in [-0.05, 0) is 11.6 Å². The summed E-state index contributed by atoms with van der Waals surface area (Å²) in [6.07, 6.45) is 12.1. The van der Waals surface area contributed by atoms with Crippen LogP contribution < -0.4 is 10.5 Å². The Morgan fingerprint density at radius 3 is 2.93 bits per heavy atom. The summed E-state index contributed by atoms with van der Waals surface area (Å²) in [6.45, 7) is 0.0389. The summed E-state index contributed by atoms with van der Waals surface area (Å²) in [5, 5.41) is 4.06. The molecule has 3 rings (SSSR count). The van der Waals surface area contributed by atoms with Gasteiger partial charge >= 0.3 is 7.82 Å². The van der Waals surface area contributed by atoms with Gasteiger partial charge < -0.3 is 29.7 Å². The first-order valence-electron chi connectivity index (χ1n) is 8.92. The molecule has 0 amide bonds. The first-order valence-corrected chi connectivity index (χ1v) is 10.5. The lowest BCUT2D eigenvalue weighted by Crippen LogP contribution is -2.41. The van der Waals surface area contributed by atoms with Crippen molar-refractivity contribution in [2.75, 3.05) is 13.3 Å². The summed E-state index contributed by atoms with van der Waals surface area (Å²) >= 11 is 0. The number of nitrogens with zero attached hydrogens (tertiary/aromatic N) is 3. The van der Waals surface area contributed by atoms with Crippen molar-refractivity contribution in [2.45, 2.75) is 19.0 Å². The first-order chi connectivity index (χ1) is 14.4. The van der Waals surface area contributed by atoms with Crippen LogP contribution in [0.15, 0.2) is 47.3 Å². The third-order valence-corrected chi connectivity index (χ3v) is 4.58. The smallest absolute Gasteiger partial charge is 0.471 e. The quantitative estimate of drug-likeness (QED) is 0.304. The molecule has 3 heterocycles. The molecule has 30 heavy (non-hydrogen) atoms. The summed E-state index contributed by atoms with van der Waals surface area (Å²) in [6, 6.07) is 5.39. The minimum absolute atomic E-state index is 0.373. The second-order valence-electron chi connectivity index (χ2n) is 6.34. The van der Waals surface area contributed by atoms with E-state index < -0.39 is 14.0 Å². The van der Waals surface area contributed by atoms with Gasteiger partial charge in [-0.1, -0.05) is 17.3 Å². The molecule has 11 heteroatoms. The number of phosphoric ester groups is 1. The fourth-order valence-electron chi connectivity index (χ4n) is 2.68. The normalized spacial score (nSPS) is 16.3. The third kappa shape index (κ3) is 6.03. The van der Waals surface area contributed by atoms with Crippen molar-refractivity contribution >= 4 is 13.4 Å². The van der Waals surface area contributed by atoms with Gasteiger partial charge in [0.05, 0.1) is 5.69 Å². The van der Waals surface area contributed by atoms with Crippen LogP contribution in [0.4, 0.5) is 0 Å². The molecule has 1 aliphatic heterocycles. The molecule has 10 nitrogen and oxygen atoms in total. The van der Waals surface area contributed by atoms with E-state index in [1.807, 2.05) is 6.07 Å². The van der Waals surface area contributed by atoms with E-state index in [1.165, 1.54) is 4.90 Å². The highest BCUT2D eigenvalue weighted by Gasteiger charge is 2.25. The average molecular weight is 432 g/mol. The number of pyridine rings is 1. The van der Waals surface area contributed by atoms with Gasteiger partial charge in [0.2, 0.25) is 5.88 Å². The van der Waals surface area contributed by atoms with E-state index >= 15 is 0 Å². The Kier molecular flexibility index (Phi) is 7.05. The first kappa shape index (κ1) is 21.8. The van der Waals surface area contributed by atoms with Crippen LogP contribution in [-0.4, -0.2) is 44.3 Å². The van der Waals surface area contributed by atoms with Crippen LogP contribution in [0.25, 0.3) is 5.57 Å². The van der Waals surface area contributed by atoms with Gasteiger partial charge in [-0.2, -0.15) is 0 Å². The van der Waals surface area contributed by atoms with E-state index in [4.69, 9.17) is 31.2 Å². The Labute approximate surface area is 173 Å². The number of allylic oxidation sites excluding steroid dienone is 2. The topological polar surface area (TPSA) is 144 Å². The van der Waals surface area contributed by atoms with Gasteiger partial charge in [-0.3, -0.25) is 4.52 Å². The Hall–Kier alpha value is -2.93. The Balaban J connectivity index is 1.62. The van der Waals surface area contributed by atoms with Gasteiger partial charge in [0, 0.05) is 42.9 Å². The molecule has 0 radical (unpaired) electrons. The molecule has 1 unspecified atom stereocenters. The average Bonchev–Trinajstić information content (AvgIpc) is 3.16. The lowest BCUT2D eigenvalue weighted by molar-refractivity contribution is 0.110. The van der Waals surface area contributed by atoms with Crippen LogP contribution in [0.3, 0.4) is 0 Å². The summed E-state index contributed by atoms with van der Waals surface area (Å²) in [5.74, 6) is 3.44. The van der Waals surface area contributed by atoms with Crippen LogP contribution >= 0.6 is 7.82 Å². The lowest BCUT2D eigenvalue weighted by atomic mass is 10.1. The standard InChI is InChI=1S/C19H21N4O6P/c1-2-3-9-27-18-7-6-14(12-21-18)10-15-11-17(29-22-15)16-5-4-8-23(19(16)20)13-28-30(24,25)26/h1,4-8,11-12,19H,3,9-10,13,20H2,(H2,24,25,26). The van der Waals surface area contributed by atoms with E-state index in [0.717, 1.165) is 5.56 Å². The molecule has 0 spiro atoms. The maximum atomic E-state index is 10.9. The fraction of sp³-hybridized carbons (Fsp3) is 0.263. The predicted molar refractivity (Wildman–Crippen MR) is 107 cm³/mol. The van der Waals surface area contributed by atoms with E-state index in [1.54, 1.807) is 36.7 Å².